The fourth-order valence-electron chi connectivity index (χ4n) is 5.43. The molecule has 4 rings (SSSR count). The molecular weight excluding hydrogens is 420 g/mol. The van der Waals surface area contributed by atoms with Crippen molar-refractivity contribution in [3.8, 4) is 6.07 Å². The van der Waals surface area contributed by atoms with E-state index in [-0.39, 0.29) is 35.8 Å². The second kappa shape index (κ2) is 9.12. The van der Waals surface area contributed by atoms with Gasteiger partial charge in [0.1, 0.15) is 6.04 Å². The van der Waals surface area contributed by atoms with E-state index in [1.54, 1.807) is 31.1 Å². The van der Waals surface area contributed by atoms with Gasteiger partial charge in [-0.1, -0.05) is 12.1 Å². The molecule has 9 nitrogen and oxygen atoms in total. The SMILES string of the molecule is C[C@@H](c1ccc(C(=O)N(C)C)cc1)N1C(=O)[C@H]2C[C@@H]1CN2C[C@H](N)C(=O)N1CCC[C@H]1C#N. The number of likely N-dealkylation sites (tertiary alicyclic amines) is 3. The molecule has 0 aromatic heterocycles. The summed E-state index contributed by atoms with van der Waals surface area (Å²) < 4.78 is 0. The standard InChI is InChI=1S/C24H32N6O3/c1-15(16-6-8-17(9-7-16)22(31)27(2)3)30-19-11-21(24(30)33)28(13-19)14-20(26)23(32)29-10-4-5-18(29)12-25/h6-9,15,18-21H,4-5,10-11,13-14,26H2,1-3H3/t15-,18-,19+,20-,21+/m0/s1. The molecule has 3 saturated heterocycles. The second-order valence-corrected chi connectivity index (χ2v) is 9.53. The number of amides is 3. The molecule has 0 aliphatic carbocycles. The first-order chi connectivity index (χ1) is 15.7. The smallest absolute Gasteiger partial charge is 0.253 e. The number of hydrogen-bond donors (Lipinski definition) is 1. The minimum absolute atomic E-state index is 0.0537. The summed E-state index contributed by atoms with van der Waals surface area (Å²) in [5.41, 5.74) is 7.82. The average Bonchev–Trinajstić information content (AvgIpc) is 3.52. The molecule has 0 unspecified atom stereocenters. The van der Waals surface area contributed by atoms with E-state index < -0.39 is 12.1 Å². The van der Waals surface area contributed by atoms with Crippen LogP contribution in [0, 0.1) is 11.3 Å². The van der Waals surface area contributed by atoms with Gasteiger partial charge in [-0.3, -0.25) is 19.3 Å². The Morgan fingerprint density at radius 2 is 1.97 bits per heavy atom. The van der Waals surface area contributed by atoms with Crippen molar-refractivity contribution in [2.45, 2.75) is 56.4 Å². The van der Waals surface area contributed by atoms with Crippen LogP contribution in [0.5, 0.6) is 0 Å². The van der Waals surface area contributed by atoms with Gasteiger partial charge in [-0.05, 0) is 43.9 Å². The van der Waals surface area contributed by atoms with E-state index in [9.17, 15) is 19.6 Å². The summed E-state index contributed by atoms with van der Waals surface area (Å²) in [5, 5.41) is 9.25. The summed E-state index contributed by atoms with van der Waals surface area (Å²) >= 11 is 0. The summed E-state index contributed by atoms with van der Waals surface area (Å²) in [4.78, 5) is 45.2. The van der Waals surface area contributed by atoms with Gasteiger partial charge < -0.3 is 20.4 Å². The monoisotopic (exact) mass is 452 g/mol. The van der Waals surface area contributed by atoms with Gasteiger partial charge in [0.2, 0.25) is 11.8 Å². The highest BCUT2D eigenvalue weighted by Crippen LogP contribution is 2.38. The first-order valence-corrected chi connectivity index (χ1v) is 11.6. The molecule has 0 spiro atoms. The van der Waals surface area contributed by atoms with Gasteiger partial charge in [0.15, 0.2) is 0 Å². The Kier molecular flexibility index (Phi) is 6.41. The highest BCUT2D eigenvalue weighted by molar-refractivity contribution is 5.94. The Morgan fingerprint density at radius 1 is 1.27 bits per heavy atom. The summed E-state index contributed by atoms with van der Waals surface area (Å²) in [6.45, 7) is 3.58. The summed E-state index contributed by atoms with van der Waals surface area (Å²) in [5.74, 6) is -0.197. The molecule has 0 saturated carbocycles. The van der Waals surface area contributed by atoms with Crippen LogP contribution in [0.2, 0.25) is 0 Å². The van der Waals surface area contributed by atoms with Crippen LogP contribution in [0.15, 0.2) is 24.3 Å². The van der Waals surface area contributed by atoms with Crippen LogP contribution in [0.4, 0.5) is 0 Å². The van der Waals surface area contributed by atoms with Crippen LogP contribution < -0.4 is 5.73 Å². The average molecular weight is 453 g/mol. The van der Waals surface area contributed by atoms with Crippen LogP contribution in [0.3, 0.4) is 0 Å². The Hall–Kier alpha value is -2.96. The number of rotatable bonds is 6. The van der Waals surface area contributed by atoms with Gasteiger partial charge in [0, 0.05) is 45.3 Å². The Bertz CT molecular complexity index is 971. The lowest BCUT2D eigenvalue weighted by Gasteiger charge is -2.38. The zero-order valence-corrected chi connectivity index (χ0v) is 19.5. The van der Waals surface area contributed by atoms with Crippen LogP contribution in [0.1, 0.15) is 48.1 Å². The summed E-state index contributed by atoms with van der Waals surface area (Å²) in [6.07, 6.45) is 2.24. The molecule has 3 amide bonds. The highest BCUT2D eigenvalue weighted by Gasteiger charge is 2.51. The van der Waals surface area contributed by atoms with E-state index in [4.69, 9.17) is 5.73 Å². The number of nitriles is 1. The lowest BCUT2D eigenvalue weighted by Crippen LogP contribution is -2.56. The van der Waals surface area contributed by atoms with Crippen LogP contribution in [-0.4, -0.2) is 95.2 Å². The lowest BCUT2D eigenvalue weighted by molar-refractivity contribution is -0.140. The van der Waals surface area contributed by atoms with Gasteiger partial charge in [0.25, 0.3) is 5.91 Å². The molecular formula is C24H32N6O3. The maximum absolute atomic E-state index is 13.2. The minimum Gasteiger partial charge on any atom is -0.345 e. The maximum Gasteiger partial charge on any atom is 0.253 e. The topological polar surface area (TPSA) is 114 Å². The third-order valence-corrected chi connectivity index (χ3v) is 7.21. The number of benzene rings is 1. The molecule has 3 heterocycles. The molecule has 0 radical (unpaired) electrons. The maximum atomic E-state index is 13.2. The normalized spacial score (nSPS) is 26.4. The molecule has 1 aromatic carbocycles. The van der Waals surface area contributed by atoms with Crippen molar-refractivity contribution >= 4 is 17.7 Å². The van der Waals surface area contributed by atoms with Gasteiger partial charge in [-0.25, -0.2) is 0 Å². The Morgan fingerprint density at radius 3 is 2.58 bits per heavy atom. The first-order valence-electron chi connectivity index (χ1n) is 11.6. The molecule has 176 valence electrons. The van der Waals surface area contributed by atoms with Crippen molar-refractivity contribution < 1.29 is 14.4 Å². The fourth-order valence-corrected chi connectivity index (χ4v) is 5.43. The first kappa shape index (κ1) is 23.2. The van der Waals surface area contributed by atoms with Crippen molar-refractivity contribution in [3.63, 3.8) is 0 Å². The van der Waals surface area contributed by atoms with Gasteiger partial charge >= 0.3 is 0 Å². The highest BCUT2D eigenvalue weighted by atomic mass is 16.2. The van der Waals surface area contributed by atoms with E-state index >= 15 is 0 Å². The largest absolute Gasteiger partial charge is 0.345 e. The van der Waals surface area contributed by atoms with Crippen LogP contribution >= 0.6 is 0 Å². The van der Waals surface area contributed by atoms with Crippen molar-refractivity contribution in [2.24, 2.45) is 5.73 Å². The minimum atomic E-state index is -0.737. The third kappa shape index (κ3) is 4.21. The number of carbonyl (C=O) groups is 3. The quantitative estimate of drug-likeness (QED) is 0.675. The Labute approximate surface area is 194 Å². The lowest BCUT2D eigenvalue weighted by atomic mass is 10.0. The Balaban J connectivity index is 1.38. The van der Waals surface area contributed by atoms with E-state index in [0.717, 1.165) is 18.4 Å². The number of fused-ring (bicyclic) bond motifs is 2. The number of hydrogen-bond acceptors (Lipinski definition) is 6. The van der Waals surface area contributed by atoms with E-state index in [2.05, 4.69) is 6.07 Å². The molecule has 2 bridgehead atoms. The molecule has 3 aliphatic rings. The van der Waals surface area contributed by atoms with Crippen molar-refractivity contribution in [3.05, 3.63) is 35.4 Å². The predicted molar refractivity (Wildman–Crippen MR) is 122 cm³/mol. The molecule has 3 aliphatic heterocycles. The summed E-state index contributed by atoms with van der Waals surface area (Å²) in [6, 6.07) is 8.18. The number of piperazine rings is 1. The van der Waals surface area contributed by atoms with Gasteiger partial charge in [0.05, 0.1) is 24.2 Å². The molecule has 9 heteroatoms. The molecule has 33 heavy (non-hydrogen) atoms. The third-order valence-electron chi connectivity index (χ3n) is 7.21. The van der Waals surface area contributed by atoms with E-state index in [0.29, 0.717) is 31.6 Å². The van der Waals surface area contributed by atoms with Gasteiger partial charge in [-0.15, -0.1) is 0 Å². The molecule has 1 aromatic rings. The van der Waals surface area contributed by atoms with Crippen LogP contribution in [-0.2, 0) is 9.59 Å². The summed E-state index contributed by atoms with van der Waals surface area (Å²) in [7, 11) is 3.44. The molecule has 3 fully saturated rings. The zero-order valence-electron chi connectivity index (χ0n) is 19.5. The van der Waals surface area contributed by atoms with E-state index in [1.807, 2.05) is 28.9 Å². The van der Waals surface area contributed by atoms with Crippen molar-refractivity contribution in [1.29, 1.82) is 5.26 Å². The predicted octanol–water partition coefficient (Wildman–Crippen LogP) is 0.576. The zero-order chi connectivity index (χ0) is 23.9. The van der Waals surface area contributed by atoms with Crippen LogP contribution in [0.25, 0.3) is 0 Å². The van der Waals surface area contributed by atoms with Crippen molar-refractivity contribution in [2.75, 3.05) is 33.7 Å². The van der Waals surface area contributed by atoms with E-state index in [1.165, 1.54) is 4.90 Å². The molecule has 2 N–H and O–H groups in total. The molecule has 5 atom stereocenters. The number of nitrogens with two attached hydrogens (primary N) is 1. The second-order valence-electron chi connectivity index (χ2n) is 9.53. The number of carbonyl (C=O) groups excluding carboxylic acids is 3. The fraction of sp³-hybridized carbons (Fsp3) is 0.583. The van der Waals surface area contributed by atoms with Gasteiger partial charge in [-0.2, -0.15) is 5.26 Å². The number of nitrogens with zero attached hydrogens (tertiary/aromatic N) is 5. The van der Waals surface area contributed by atoms with Crippen molar-refractivity contribution in [1.82, 2.24) is 19.6 Å².